The van der Waals surface area contributed by atoms with Crippen molar-refractivity contribution >= 4 is 0 Å². The van der Waals surface area contributed by atoms with Crippen molar-refractivity contribution in [2.75, 3.05) is 13.2 Å². The highest BCUT2D eigenvalue weighted by Gasteiger charge is 2.39. The number of halogens is 3. The molecule has 1 heterocycles. The highest BCUT2D eigenvalue weighted by atomic mass is 19.2. The smallest absolute Gasteiger partial charge is 0.175 e. The standard InChI is InChI=1S/C21H27F3O2/c1-3-5-15-10-11-17(19(23)18(15)22)14-6-8-16(9-7-14)20-25-12-21(24,4-2)13-26-20/h4,10-11,14,16,20H,2-3,5-9,12-13H2,1H3. The van der Waals surface area contributed by atoms with Gasteiger partial charge in [0.25, 0.3) is 0 Å². The third-order valence-corrected chi connectivity index (χ3v) is 5.65. The van der Waals surface area contributed by atoms with Crippen LogP contribution in [-0.2, 0) is 15.9 Å². The van der Waals surface area contributed by atoms with Crippen molar-refractivity contribution < 1.29 is 22.6 Å². The van der Waals surface area contributed by atoms with Crippen LogP contribution in [0.5, 0.6) is 0 Å². The van der Waals surface area contributed by atoms with Crippen LogP contribution in [0.15, 0.2) is 24.8 Å². The highest BCUT2D eigenvalue weighted by Crippen LogP contribution is 2.40. The maximum absolute atomic E-state index is 14.5. The molecular formula is C21H27F3O2. The molecule has 26 heavy (non-hydrogen) atoms. The van der Waals surface area contributed by atoms with E-state index >= 15 is 0 Å². The van der Waals surface area contributed by atoms with Gasteiger partial charge < -0.3 is 9.47 Å². The second-order valence-electron chi connectivity index (χ2n) is 7.53. The topological polar surface area (TPSA) is 18.5 Å². The van der Waals surface area contributed by atoms with Gasteiger partial charge in [-0.25, -0.2) is 13.2 Å². The molecule has 0 unspecified atom stereocenters. The third kappa shape index (κ3) is 3.99. The van der Waals surface area contributed by atoms with Gasteiger partial charge in [-0.05, 0) is 49.1 Å². The molecule has 0 amide bonds. The number of rotatable bonds is 5. The molecule has 0 spiro atoms. The van der Waals surface area contributed by atoms with E-state index in [1.807, 2.05) is 6.92 Å². The first-order valence-corrected chi connectivity index (χ1v) is 9.50. The average molecular weight is 368 g/mol. The van der Waals surface area contributed by atoms with Gasteiger partial charge in [-0.3, -0.25) is 0 Å². The molecule has 1 aromatic rings. The molecular weight excluding hydrogens is 341 g/mol. The molecule has 0 N–H and O–H groups in total. The Kier molecular flexibility index (Phi) is 6.08. The molecule has 0 radical (unpaired) electrons. The van der Waals surface area contributed by atoms with E-state index in [1.54, 1.807) is 12.1 Å². The van der Waals surface area contributed by atoms with Crippen LogP contribution in [0, 0.1) is 17.6 Å². The fourth-order valence-electron chi connectivity index (χ4n) is 4.01. The van der Waals surface area contributed by atoms with E-state index < -0.39 is 23.6 Å². The summed E-state index contributed by atoms with van der Waals surface area (Å²) in [6.45, 7) is 5.33. The van der Waals surface area contributed by atoms with Gasteiger partial charge in [-0.2, -0.15) is 0 Å². The second kappa shape index (κ2) is 8.13. The molecule has 0 bridgehead atoms. The Morgan fingerprint density at radius 1 is 1.12 bits per heavy atom. The highest BCUT2D eigenvalue weighted by molar-refractivity contribution is 5.29. The van der Waals surface area contributed by atoms with E-state index in [0.29, 0.717) is 17.5 Å². The van der Waals surface area contributed by atoms with Crippen LogP contribution < -0.4 is 0 Å². The number of benzene rings is 1. The van der Waals surface area contributed by atoms with Crippen LogP contribution in [0.1, 0.15) is 56.1 Å². The van der Waals surface area contributed by atoms with Crippen molar-refractivity contribution in [3.05, 3.63) is 47.5 Å². The second-order valence-corrected chi connectivity index (χ2v) is 7.53. The third-order valence-electron chi connectivity index (χ3n) is 5.65. The van der Waals surface area contributed by atoms with Crippen molar-refractivity contribution in [3.8, 4) is 0 Å². The number of hydrogen-bond donors (Lipinski definition) is 0. The van der Waals surface area contributed by atoms with Gasteiger partial charge in [0.2, 0.25) is 0 Å². The lowest BCUT2D eigenvalue weighted by molar-refractivity contribution is -0.246. The summed E-state index contributed by atoms with van der Waals surface area (Å²) in [7, 11) is 0. The van der Waals surface area contributed by atoms with Gasteiger partial charge in [-0.15, -0.1) is 0 Å². The molecule has 5 heteroatoms. The minimum atomic E-state index is -1.62. The molecule has 2 aliphatic rings. The quantitative estimate of drug-likeness (QED) is 0.643. The van der Waals surface area contributed by atoms with Crippen molar-refractivity contribution in [2.24, 2.45) is 5.92 Å². The normalized spacial score (nSPS) is 32.4. The van der Waals surface area contributed by atoms with Crippen molar-refractivity contribution in [1.29, 1.82) is 0 Å². The Balaban J connectivity index is 1.59. The molecule has 1 aromatic carbocycles. The monoisotopic (exact) mass is 368 g/mol. The van der Waals surface area contributed by atoms with Crippen LogP contribution in [-0.4, -0.2) is 25.2 Å². The largest absolute Gasteiger partial charge is 0.349 e. The van der Waals surface area contributed by atoms with E-state index in [9.17, 15) is 13.2 Å². The Hall–Kier alpha value is -1.33. The zero-order chi connectivity index (χ0) is 18.7. The summed E-state index contributed by atoms with van der Waals surface area (Å²) in [6.07, 6.45) is 5.22. The van der Waals surface area contributed by atoms with Crippen LogP contribution in [0.2, 0.25) is 0 Å². The first-order valence-electron chi connectivity index (χ1n) is 9.50. The van der Waals surface area contributed by atoms with Gasteiger partial charge in [0.05, 0.1) is 13.2 Å². The summed E-state index contributed by atoms with van der Waals surface area (Å²) < 4.78 is 53.8. The Labute approximate surface area is 153 Å². The number of alkyl halides is 1. The van der Waals surface area contributed by atoms with E-state index in [0.717, 1.165) is 32.1 Å². The van der Waals surface area contributed by atoms with Crippen molar-refractivity contribution in [3.63, 3.8) is 0 Å². The molecule has 1 aliphatic carbocycles. The summed E-state index contributed by atoms with van der Waals surface area (Å²) in [5.41, 5.74) is -0.696. The number of hydrogen-bond acceptors (Lipinski definition) is 2. The maximum atomic E-state index is 14.5. The molecule has 1 saturated carbocycles. The molecule has 0 aromatic heterocycles. The van der Waals surface area contributed by atoms with Gasteiger partial charge in [0.1, 0.15) is 0 Å². The zero-order valence-corrected chi connectivity index (χ0v) is 15.3. The molecule has 2 fully saturated rings. The summed E-state index contributed by atoms with van der Waals surface area (Å²) in [6, 6.07) is 3.45. The lowest BCUT2D eigenvalue weighted by atomic mass is 9.78. The van der Waals surface area contributed by atoms with Crippen LogP contribution >= 0.6 is 0 Å². The van der Waals surface area contributed by atoms with Crippen molar-refractivity contribution in [1.82, 2.24) is 0 Å². The summed E-state index contributed by atoms with van der Waals surface area (Å²) in [4.78, 5) is 0. The first-order chi connectivity index (χ1) is 12.5. The fraction of sp³-hybridized carbons (Fsp3) is 0.619. The summed E-state index contributed by atoms with van der Waals surface area (Å²) >= 11 is 0. The first kappa shape index (κ1) is 19.4. The average Bonchev–Trinajstić information content (AvgIpc) is 2.67. The van der Waals surface area contributed by atoms with E-state index in [-0.39, 0.29) is 25.0 Å². The minimum Gasteiger partial charge on any atom is -0.349 e. The molecule has 144 valence electrons. The minimum absolute atomic E-state index is 0.00783. The van der Waals surface area contributed by atoms with Crippen molar-refractivity contribution in [2.45, 2.75) is 63.3 Å². The Morgan fingerprint density at radius 2 is 1.77 bits per heavy atom. The molecule has 1 saturated heterocycles. The van der Waals surface area contributed by atoms with Crippen LogP contribution in [0.4, 0.5) is 13.2 Å². The van der Waals surface area contributed by atoms with E-state index in [1.165, 1.54) is 6.08 Å². The zero-order valence-electron chi connectivity index (χ0n) is 15.3. The van der Waals surface area contributed by atoms with E-state index in [4.69, 9.17) is 9.47 Å². The molecule has 1 aliphatic heterocycles. The van der Waals surface area contributed by atoms with Crippen LogP contribution in [0.25, 0.3) is 0 Å². The molecule has 2 nitrogen and oxygen atoms in total. The van der Waals surface area contributed by atoms with Crippen LogP contribution in [0.3, 0.4) is 0 Å². The molecule has 0 atom stereocenters. The number of aryl methyl sites for hydroxylation is 1. The van der Waals surface area contributed by atoms with Gasteiger partial charge >= 0.3 is 0 Å². The summed E-state index contributed by atoms with van der Waals surface area (Å²) in [5.74, 6) is -1.23. The SMILES string of the molecule is C=CC1(F)COC(C2CCC(c3ccc(CCC)c(F)c3F)CC2)OC1. The predicted molar refractivity (Wildman–Crippen MR) is 94.8 cm³/mol. The molecule has 3 rings (SSSR count). The van der Waals surface area contributed by atoms with Gasteiger partial charge in [-0.1, -0.05) is 38.1 Å². The lowest BCUT2D eigenvalue weighted by Crippen LogP contribution is -2.45. The summed E-state index contributed by atoms with van der Waals surface area (Å²) in [5, 5.41) is 0. The fourth-order valence-corrected chi connectivity index (χ4v) is 4.01. The predicted octanol–water partition coefficient (Wildman–Crippen LogP) is 5.46. The Morgan fingerprint density at radius 3 is 2.35 bits per heavy atom. The van der Waals surface area contributed by atoms with Gasteiger partial charge in [0, 0.05) is 5.92 Å². The Bertz CT molecular complexity index is 630. The lowest BCUT2D eigenvalue weighted by Gasteiger charge is -2.39. The van der Waals surface area contributed by atoms with E-state index in [2.05, 4.69) is 6.58 Å². The maximum Gasteiger partial charge on any atom is 0.175 e. The number of ether oxygens (including phenoxy) is 2. The van der Waals surface area contributed by atoms with Gasteiger partial charge in [0.15, 0.2) is 23.6 Å².